The zero-order chi connectivity index (χ0) is 89.0. The van der Waals surface area contributed by atoms with Gasteiger partial charge in [-0.05, 0) is 322 Å². The van der Waals surface area contributed by atoms with Gasteiger partial charge in [0.15, 0.2) is 0 Å². The summed E-state index contributed by atoms with van der Waals surface area (Å²) in [5.74, 6) is 3.90. The summed E-state index contributed by atoms with van der Waals surface area (Å²) in [6.45, 7) is 42.5. The van der Waals surface area contributed by atoms with Crippen LogP contribution in [0.5, 0.6) is 0 Å². The molecular weight excluding hydrogens is 1520 g/mol. The molecule has 15 aliphatic carbocycles. The van der Waals surface area contributed by atoms with Crippen molar-refractivity contribution in [3.63, 3.8) is 0 Å². The third kappa shape index (κ3) is 17.0. The molecule has 15 rings (SSSR count). The number of aldehydes is 5. The number of ketones is 1. The van der Waals surface area contributed by atoms with Crippen LogP contribution in [0, 0.1) is 146 Å². The Kier molecular flexibility index (Phi) is 29.3. The topological polar surface area (TPSA) is 276 Å². The van der Waals surface area contributed by atoms with Gasteiger partial charge in [-0.2, -0.15) is 0 Å². The molecule has 15 aliphatic rings. The number of carbonyl (C=O) groups excluding carboxylic acids is 8. The van der Waals surface area contributed by atoms with Gasteiger partial charge in [-0.25, -0.2) is 9.59 Å². The van der Waals surface area contributed by atoms with Crippen molar-refractivity contribution in [1.82, 2.24) is 0 Å². The van der Waals surface area contributed by atoms with E-state index in [4.69, 9.17) is 9.47 Å². The van der Waals surface area contributed by atoms with Crippen LogP contribution in [0.4, 0.5) is 0 Å². The van der Waals surface area contributed by atoms with E-state index in [9.17, 15) is 69.0 Å². The summed E-state index contributed by atoms with van der Waals surface area (Å²) < 4.78 is 10.3. The first-order valence-electron chi connectivity index (χ1n) is 48.3. The molecule has 0 aromatic rings. The van der Waals surface area contributed by atoms with Gasteiger partial charge in [0.05, 0.1) is 61.0 Å². The number of aliphatic hydroxyl groups excluding tert-OH is 6. The van der Waals surface area contributed by atoms with E-state index >= 15 is 0 Å². The molecule has 0 aromatic carbocycles. The molecule has 0 aromatic heterocycles. The largest absolute Gasteiger partial charge is 0.463 e. The van der Waals surface area contributed by atoms with Crippen molar-refractivity contribution >= 4 is 49.2 Å². The normalized spacial score (nSPS) is 43.7. The fourth-order valence-electron chi connectivity index (χ4n) is 33.5. The second-order valence-corrected chi connectivity index (χ2v) is 47.1. The molecule has 0 bridgehead atoms. The van der Waals surface area contributed by atoms with E-state index in [1.165, 1.54) is 70.6 Å². The van der Waals surface area contributed by atoms with Crippen molar-refractivity contribution in [2.75, 3.05) is 33.0 Å². The third-order valence-corrected chi connectivity index (χ3v) is 39.6. The first-order chi connectivity index (χ1) is 56.8. The minimum atomic E-state index is -0.814. The number of carbonyl (C=O) groups is 8. The molecule has 0 spiro atoms. The maximum Gasteiger partial charge on any atom is 0.333 e. The molecule has 0 aliphatic heterocycles. The van der Waals surface area contributed by atoms with Gasteiger partial charge >= 0.3 is 11.9 Å². The molecule has 0 heterocycles. The quantitative estimate of drug-likeness (QED) is 0.0783. The predicted octanol–water partition coefficient (Wildman–Crippen LogP) is 20.1. The maximum atomic E-state index is 13.0. The molecule has 10 saturated carbocycles. The average Bonchev–Trinajstić information content (AvgIpc) is 1.69. The van der Waals surface area contributed by atoms with Crippen LogP contribution in [-0.4, -0.2) is 131 Å². The smallest absolute Gasteiger partial charge is 0.333 e. The lowest BCUT2D eigenvalue weighted by atomic mass is 9.41. The van der Waals surface area contributed by atoms with Crippen molar-refractivity contribution in [3.05, 3.63) is 58.2 Å². The number of allylic oxidation sites excluding steroid dienone is 7. The number of Topliss-reactive ketones (excluding diaryl/α,β-unsaturated/α-hetero) is 1. The van der Waals surface area contributed by atoms with Crippen LogP contribution in [0.1, 0.15) is 349 Å². The molecule has 121 heavy (non-hydrogen) atoms. The number of hydrogen-bond acceptors (Lipinski definition) is 16. The van der Waals surface area contributed by atoms with E-state index in [0.717, 1.165) is 158 Å². The van der Waals surface area contributed by atoms with E-state index < -0.39 is 40.0 Å². The SMILES string of the molecule is CC1(C)CCC[C@@]2(C)C1CC[C@@]1(CO)C(=O)CC(C=O)=CC[C@@H]12.CC1(C)CCC[C@@]2(C)C1CC[C@@]1(CO)[C@H](O)CC(C=O)=CC[C@@H]12.CCOC(=O)C1=CC[C@H]2[C@@](C=O)(CCC3C(C)(C)CCC[C@@]32C)[C@@H](O)C1.CCOC(=O)C1=CC[C@H]2[C@@](C=O)(CCC3C(C)(C)CCC[C@@]32C)[C@H](O)C1.C[C@H]1CC(C=O)=CC[C@H]2[C@@]1(CO)CCC1C(C)(C)CCC[C@@]12C. The monoisotopic (exact) mass is 1680 g/mol. The van der Waals surface area contributed by atoms with Gasteiger partial charge in [0.1, 0.15) is 37.2 Å². The van der Waals surface area contributed by atoms with Gasteiger partial charge in [-0.3, -0.25) is 19.2 Å². The third-order valence-electron chi connectivity index (χ3n) is 39.6. The van der Waals surface area contributed by atoms with Crippen molar-refractivity contribution in [3.8, 4) is 0 Å². The van der Waals surface area contributed by atoms with Crippen LogP contribution < -0.4 is 0 Å². The van der Waals surface area contributed by atoms with Crippen molar-refractivity contribution in [2.24, 2.45) is 146 Å². The number of aliphatic hydroxyl groups is 6. The highest BCUT2D eigenvalue weighted by atomic mass is 16.5. The Balaban J connectivity index is 0.000000148. The number of fused-ring (bicyclic) bond motifs is 15. The Morgan fingerprint density at radius 3 is 1.03 bits per heavy atom. The first kappa shape index (κ1) is 97.0. The minimum Gasteiger partial charge on any atom is -0.463 e. The standard InChI is InChI=1S/2C22H34O4.C21H34O2.C20H32O3.C20H30O3/c2*1-5-26-19(25)15-7-8-17-21(4)11-6-10-20(2,3)16(21)9-12-22(17,14-23)18(24)13-15;1-15-12-16(13-22)6-7-18-20(4)10-5-9-19(2,3)17(20)8-11-21(15,18)14-23;2*1-18(2)8-4-9-19(3)15(18)7-10-20(13-22)16(19)6-5-14(12-21)11-17(20)23/h2*7,14,16-18,24H,5-6,8-13H2,1-4H3;6,13,15,17-18,23H,5,7-12,14H2,1-4H3;5,12,15-17,22-23H,4,6-11,13H2,1-3H3;5,12,15-16,22H,4,6-11,13H2,1-3H3/t16?,17-,18+,21+,22+;16?,17-,18-,21+,22+;15-,17?,18+,20-,21+;15?,16-,17-,19+,20+;15?,16-,19+,20+/m11011/s1. The van der Waals surface area contributed by atoms with Gasteiger partial charge in [0, 0.05) is 48.9 Å². The van der Waals surface area contributed by atoms with Crippen molar-refractivity contribution in [1.29, 1.82) is 0 Å². The lowest BCUT2D eigenvalue weighted by molar-refractivity contribution is -0.181. The second kappa shape index (κ2) is 36.5. The summed E-state index contributed by atoms with van der Waals surface area (Å²) in [5.41, 5.74) is 2.83. The second-order valence-electron chi connectivity index (χ2n) is 47.1. The highest BCUT2D eigenvalue weighted by Gasteiger charge is 2.68. The molecule has 10 fully saturated rings. The maximum absolute atomic E-state index is 13.0. The number of rotatable bonds is 12. The Bertz CT molecular complexity index is 3720. The van der Waals surface area contributed by atoms with Crippen LogP contribution in [-0.2, 0) is 47.8 Å². The number of hydrogen-bond donors (Lipinski definition) is 6. The molecule has 0 saturated heterocycles. The summed E-state index contributed by atoms with van der Waals surface area (Å²) in [5, 5.41) is 64.0. The van der Waals surface area contributed by atoms with Gasteiger partial charge in [0.2, 0.25) is 0 Å². The molecule has 16 heteroatoms. The van der Waals surface area contributed by atoms with Crippen LogP contribution in [0.25, 0.3) is 0 Å². The van der Waals surface area contributed by atoms with Crippen LogP contribution >= 0.6 is 0 Å². The molecule has 680 valence electrons. The molecule has 6 N–H and O–H groups in total. The van der Waals surface area contributed by atoms with E-state index in [1.807, 2.05) is 24.3 Å². The molecule has 24 atom stereocenters. The fourth-order valence-corrected chi connectivity index (χ4v) is 33.5. The van der Waals surface area contributed by atoms with E-state index in [2.05, 4.69) is 117 Å². The zero-order valence-electron chi connectivity index (χ0n) is 78.4. The summed E-state index contributed by atoms with van der Waals surface area (Å²) in [6, 6.07) is 0. The molecular formula is C105H164O16. The lowest BCUT2D eigenvalue weighted by Gasteiger charge is -2.64. The predicted molar refractivity (Wildman–Crippen MR) is 476 cm³/mol. The van der Waals surface area contributed by atoms with E-state index in [1.54, 1.807) is 13.8 Å². The Hall–Kier alpha value is -4.58. The molecule has 16 nitrogen and oxygen atoms in total. The zero-order valence-corrected chi connectivity index (χ0v) is 78.4. The summed E-state index contributed by atoms with van der Waals surface area (Å²) >= 11 is 0. The molecule has 0 radical (unpaired) electrons. The lowest BCUT2D eigenvalue weighted by Crippen LogP contribution is -2.59. The first-order valence-corrected chi connectivity index (χ1v) is 48.3. The summed E-state index contributed by atoms with van der Waals surface area (Å²) in [6.07, 6.45) is 46.0. The van der Waals surface area contributed by atoms with Crippen LogP contribution in [0.15, 0.2) is 58.2 Å². The minimum absolute atomic E-state index is 0.0000694. The Morgan fingerprint density at radius 2 is 0.678 bits per heavy atom. The van der Waals surface area contributed by atoms with Gasteiger partial charge in [-0.15, -0.1) is 0 Å². The van der Waals surface area contributed by atoms with Gasteiger partial charge < -0.3 is 49.7 Å². The fraction of sp³-hybridized carbons (Fsp3) is 0.829. The van der Waals surface area contributed by atoms with Gasteiger partial charge in [0.25, 0.3) is 0 Å². The highest BCUT2D eigenvalue weighted by molar-refractivity contribution is 5.94. The van der Waals surface area contributed by atoms with Crippen molar-refractivity contribution in [2.45, 2.75) is 368 Å². The van der Waals surface area contributed by atoms with E-state index in [-0.39, 0.29) is 118 Å². The summed E-state index contributed by atoms with van der Waals surface area (Å²) in [7, 11) is 0. The van der Waals surface area contributed by atoms with E-state index in [0.29, 0.717) is 112 Å². The van der Waals surface area contributed by atoms with Crippen molar-refractivity contribution < 1.29 is 78.5 Å². The highest BCUT2D eigenvalue weighted by Crippen LogP contribution is 2.73. The Morgan fingerprint density at radius 1 is 0.364 bits per heavy atom. The van der Waals surface area contributed by atoms with Crippen LogP contribution in [0.3, 0.4) is 0 Å². The van der Waals surface area contributed by atoms with Gasteiger partial charge in [-0.1, -0.05) is 173 Å². The molecule has 0 amide bonds. The number of esters is 2. The average molecular weight is 1680 g/mol. The Labute approximate surface area is 728 Å². The van der Waals surface area contributed by atoms with Crippen LogP contribution in [0.2, 0.25) is 0 Å². The summed E-state index contributed by atoms with van der Waals surface area (Å²) in [4.78, 5) is 96.2. The number of ether oxygens (including phenoxy) is 2. The molecule has 5 unspecified atom stereocenters.